The van der Waals surface area contributed by atoms with E-state index in [-0.39, 0.29) is 0 Å². The molecule has 3 heterocycles. The lowest BCUT2D eigenvalue weighted by Crippen LogP contribution is -2.04. The van der Waals surface area contributed by atoms with Crippen molar-refractivity contribution >= 4 is 11.2 Å². The first-order valence-corrected chi connectivity index (χ1v) is 7.59. The Morgan fingerprint density at radius 1 is 0.913 bits per heavy atom. The van der Waals surface area contributed by atoms with E-state index in [9.17, 15) is 0 Å². The number of imidazole rings is 1. The molecule has 0 saturated heterocycles. The second kappa shape index (κ2) is 5.65. The molecule has 0 unspecified atom stereocenters. The van der Waals surface area contributed by atoms with E-state index in [1.807, 2.05) is 30.3 Å². The van der Waals surface area contributed by atoms with Gasteiger partial charge in [0.05, 0.1) is 6.54 Å². The van der Waals surface area contributed by atoms with Crippen molar-refractivity contribution in [3.63, 3.8) is 0 Å². The van der Waals surface area contributed by atoms with Gasteiger partial charge in [0.25, 0.3) is 0 Å². The maximum atomic E-state index is 4.74. The van der Waals surface area contributed by atoms with Gasteiger partial charge in [-0.2, -0.15) is 0 Å². The van der Waals surface area contributed by atoms with Gasteiger partial charge in [-0.05, 0) is 36.8 Å². The SMILES string of the molecule is Cc1cccc(Cn2c(-c3ccccn3)nc3cccnc32)c1. The minimum atomic E-state index is 0.723. The van der Waals surface area contributed by atoms with Crippen LogP contribution in [0.15, 0.2) is 67.0 Å². The summed E-state index contributed by atoms with van der Waals surface area (Å²) < 4.78 is 2.13. The van der Waals surface area contributed by atoms with Crippen molar-refractivity contribution in [3.05, 3.63) is 78.1 Å². The van der Waals surface area contributed by atoms with Crippen LogP contribution in [-0.2, 0) is 6.54 Å². The van der Waals surface area contributed by atoms with E-state index in [2.05, 4.69) is 45.7 Å². The molecule has 0 N–H and O–H groups in total. The van der Waals surface area contributed by atoms with Crippen molar-refractivity contribution in [2.75, 3.05) is 0 Å². The Bertz CT molecular complexity index is 957. The second-order valence-electron chi connectivity index (χ2n) is 5.57. The molecular weight excluding hydrogens is 284 g/mol. The highest BCUT2D eigenvalue weighted by molar-refractivity contribution is 5.76. The second-order valence-corrected chi connectivity index (χ2v) is 5.57. The van der Waals surface area contributed by atoms with Crippen LogP contribution in [0.5, 0.6) is 0 Å². The van der Waals surface area contributed by atoms with Crippen molar-refractivity contribution in [2.24, 2.45) is 0 Å². The Hall–Kier alpha value is -3.01. The molecule has 0 spiro atoms. The van der Waals surface area contributed by atoms with Crippen LogP contribution < -0.4 is 0 Å². The molecule has 4 aromatic rings. The number of aryl methyl sites for hydroxylation is 1. The van der Waals surface area contributed by atoms with Gasteiger partial charge in [-0.15, -0.1) is 0 Å². The highest BCUT2D eigenvalue weighted by Crippen LogP contribution is 2.23. The van der Waals surface area contributed by atoms with Gasteiger partial charge in [0.2, 0.25) is 0 Å². The van der Waals surface area contributed by atoms with Gasteiger partial charge in [0.1, 0.15) is 11.2 Å². The van der Waals surface area contributed by atoms with Crippen molar-refractivity contribution < 1.29 is 0 Å². The third-order valence-electron chi connectivity index (χ3n) is 3.82. The van der Waals surface area contributed by atoms with E-state index in [1.165, 1.54) is 11.1 Å². The van der Waals surface area contributed by atoms with E-state index in [1.54, 1.807) is 12.4 Å². The summed E-state index contributed by atoms with van der Waals surface area (Å²) in [6.07, 6.45) is 3.60. The lowest BCUT2D eigenvalue weighted by Gasteiger charge is -2.09. The molecule has 4 rings (SSSR count). The maximum Gasteiger partial charge on any atom is 0.161 e. The number of benzene rings is 1. The first-order valence-electron chi connectivity index (χ1n) is 7.59. The van der Waals surface area contributed by atoms with Gasteiger partial charge in [-0.1, -0.05) is 35.9 Å². The molecule has 23 heavy (non-hydrogen) atoms. The fraction of sp³-hybridized carbons (Fsp3) is 0.105. The van der Waals surface area contributed by atoms with Crippen LogP contribution in [0.2, 0.25) is 0 Å². The molecule has 0 bridgehead atoms. The number of fused-ring (bicyclic) bond motifs is 1. The fourth-order valence-electron chi connectivity index (χ4n) is 2.79. The number of hydrogen-bond acceptors (Lipinski definition) is 3. The molecule has 0 atom stereocenters. The van der Waals surface area contributed by atoms with Gasteiger partial charge >= 0.3 is 0 Å². The summed E-state index contributed by atoms with van der Waals surface area (Å²) in [7, 11) is 0. The molecule has 0 saturated carbocycles. The summed E-state index contributed by atoms with van der Waals surface area (Å²) in [5.41, 5.74) is 5.11. The van der Waals surface area contributed by atoms with Crippen LogP contribution in [0.1, 0.15) is 11.1 Å². The number of aromatic nitrogens is 4. The summed E-state index contributed by atoms with van der Waals surface area (Å²) >= 11 is 0. The van der Waals surface area contributed by atoms with Crippen molar-refractivity contribution in [2.45, 2.75) is 13.5 Å². The number of hydrogen-bond donors (Lipinski definition) is 0. The first-order chi connectivity index (χ1) is 11.3. The van der Waals surface area contributed by atoms with Crippen molar-refractivity contribution in [3.8, 4) is 11.5 Å². The molecule has 0 amide bonds. The number of pyridine rings is 2. The molecule has 112 valence electrons. The van der Waals surface area contributed by atoms with Gasteiger partial charge in [0.15, 0.2) is 11.5 Å². The zero-order valence-electron chi connectivity index (χ0n) is 12.8. The van der Waals surface area contributed by atoms with Crippen LogP contribution in [0.3, 0.4) is 0 Å². The fourth-order valence-corrected chi connectivity index (χ4v) is 2.79. The lowest BCUT2D eigenvalue weighted by molar-refractivity contribution is 0.819. The van der Waals surface area contributed by atoms with E-state index >= 15 is 0 Å². The molecule has 0 aliphatic carbocycles. The Labute approximate surface area is 134 Å². The summed E-state index contributed by atoms with van der Waals surface area (Å²) in [4.78, 5) is 13.7. The Morgan fingerprint density at radius 3 is 2.65 bits per heavy atom. The highest BCUT2D eigenvalue weighted by atomic mass is 15.1. The minimum absolute atomic E-state index is 0.723. The monoisotopic (exact) mass is 300 g/mol. The third-order valence-corrected chi connectivity index (χ3v) is 3.82. The number of rotatable bonds is 3. The molecular formula is C19H16N4. The molecule has 1 aromatic carbocycles. The molecule has 4 heteroatoms. The Balaban J connectivity index is 1.89. The van der Waals surface area contributed by atoms with E-state index in [0.717, 1.165) is 29.2 Å². The van der Waals surface area contributed by atoms with Gasteiger partial charge < -0.3 is 4.57 Å². The Kier molecular flexibility index (Phi) is 3.35. The van der Waals surface area contributed by atoms with Crippen LogP contribution in [-0.4, -0.2) is 19.5 Å². The Morgan fingerprint density at radius 2 is 1.83 bits per heavy atom. The largest absolute Gasteiger partial charge is 0.303 e. The minimum Gasteiger partial charge on any atom is -0.303 e. The van der Waals surface area contributed by atoms with E-state index in [0.29, 0.717) is 0 Å². The average Bonchev–Trinajstić information content (AvgIpc) is 2.95. The maximum absolute atomic E-state index is 4.74. The van der Waals surface area contributed by atoms with Crippen molar-refractivity contribution in [1.29, 1.82) is 0 Å². The topological polar surface area (TPSA) is 43.6 Å². The quantitative estimate of drug-likeness (QED) is 0.577. The predicted octanol–water partition coefficient (Wildman–Crippen LogP) is 3.85. The summed E-state index contributed by atoms with van der Waals surface area (Å²) in [5.74, 6) is 0.848. The predicted molar refractivity (Wildman–Crippen MR) is 91.0 cm³/mol. The molecule has 3 aromatic heterocycles. The summed E-state index contributed by atoms with van der Waals surface area (Å²) in [6, 6.07) is 18.3. The van der Waals surface area contributed by atoms with Gasteiger partial charge in [-0.25, -0.2) is 9.97 Å². The summed E-state index contributed by atoms with van der Waals surface area (Å²) in [6.45, 7) is 2.83. The standard InChI is InChI=1S/C19H16N4/c1-14-6-4-7-15(12-14)13-23-18-17(9-5-11-21-18)22-19(23)16-8-2-3-10-20-16/h2-12H,13H2,1H3. The van der Waals surface area contributed by atoms with Crippen LogP contribution >= 0.6 is 0 Å². The zero-order chi connectivity index (χ0) is 15.6. The van der Waals surface area contributed by atoms with E-state index < -0.39 is 0 Å². The lowest BCUT2D eigenvalue weighted by atomic mass is 10.1. The van der Waals surface area contributed by atoms with Crippen LogP contribution in [0.25, 0.3) is 22.7 Å². The first kappa shape index (κ1) is 13.6. The molecule has 0 fully saturated rings. The normalized spacial score (nSPS) is 11.0. The average molecular weight is 300 g/mol. The number of nitrogens with zero attached hydrogens (tertiary/aromatic N) is 4. The van der Waals surface area contributed by atoms with E-state index in [4.69, 9.17) is 4.98 Å². The third kappa shape index (κ3) is 2.59. The van der Waals surface area contributed by atoms with Crippen LogP contribution in [0.4, 0.5) is 0 Å². The summed E-state index contributed by atoms with van der Waals surface area (Å²) in [5, 5.41) is 0. The highest BCUT2D eigenvalue weighted by Gasteiger charge is 2.14. The molecule has 4 nitrogen and oxygen atoms in total. The molecule has 0 aliphatic rings. The van der Waals surface area contributed by atoms with Gasteiger partial charge in [-0.3, -0.25) is 4.98 Å². The smallest absolute Gasteiger partial charge is 0.161 e. The van der Waals surface area contributed by atoms with Crippen LogP contribution in [0, 0.1) is 6.92 Å². The van der Waals surface area contributed by atoms with Gasteiger partial charge in [0, 0.05) is 12.4 Å². The zero-order valence-corrected chi connectivity index (χ0v) is 12.8. The molecule has 0 radical (unpaired) electrons. The van der Waals surface area contributed by atoms with Crippen molar-refractivity contribution in [1.82, 2.24) is 19.5 Å². The molecule has 0 aliphatic heterocycles.